The van der Waals surface area contributed by atoms with Crippen LogP contribution in [0.15, 0.2) is 54.6 Å². The minimum Gasteiger partial charge on any atom is -0.497 e. The second-order valence-electron chi connectivity index (χ2n) is 8.72. The number of nitrogens with zero attached hydrogens (tertiary/aromatic N) is 3. The van der Waals surface area contributed by atoms with E-state index in [1.807, 2.05) is 59.2 Å². The lowest BCUT2D eigenvalue weighted by molar-refractivity contribution is 0.101. The van der Waals surface area contributed by atoms with Crippen molar-refractivity contribution >= 4 is 39.8 Å². The summed E-state index contributed by atoms with van der Waals surface area (Å²) >= 11 is 1.15. The van der Waals surface area contributed by atoms with Gasteiger partial charge in [-0.15, -0.1) is 0 Å². The Bertz CT molecular complexity index is 1630. The van der Waals surface area contributed by atoms with E-state index in [1.165, 1.54) is 0 Å². The van der Waals surface area contributed by atoms with Gasteiger partial charge >= 0.3 is 6.16 Å². The predicted octanol–water partition coefficient (Wildman–Crippen LogP) is 6.70. The highest BCUT2D eigenvalue weighted by atomic mass is 32.1. The quantitative estimate of drug-likeness (QED) is 0.178. The van der Waals surface area contributed by atoms with Crippen molar-refractivity contribution < 1.29 is 28.5 Å². The van der Waals surface area contributed by atoms with E-state index in [-0.39, 0.29) is 6.61 Å². The number of rotatable bonds is 10. The second-order valence-corrected chi connectivity index (χ2v) is 9.25. The lowest BCUT2D eigenvalue weighted by Gasteiger charge is -2.15. The van der Waals surface area contributed by atoms with Gasteiger partial charge in [-0.1, -0.05) is 13.0 Å². The maximum atomic E-state index is 12.7. The van der Waals surface area contributed by atoms with Crippen LogP contribution in [0, 0.1) is 0 Å². The summed E-state index contributed by atoms with van der Waals surface area (Å²) < 4.78 is 38.9. The zero-order chi connectivity index (χ0) is 27.4. The van der Waals surface area contributed by atoms with Gasteiger partial charge in [0.1, 0.15) is 28.3 Å². The summed E-state index contributed by atoms with van der Waals surface area (Å²) in [4.78, 5) is 12.7. The number of carbonyl (C=O) groups is 1. The smallest absolute Gasteiger partial charge is 0.497 e. The van der Waals surface area contributed by atoms with Gasteiger partial charge in [-0.3, -0.25) is 0 Å². The summed E-state index contributed by atoms with van der Waals surface area (Å²) in [7, 11) is 3.24. The molecule has 0 saturated heterocycles. The van der Waals surface area contributed by atoms with Crippen LogP contribution in [0.5, 0.6) is 23.1 Å². The standard InChI is InChI=1S/C29H29N3O6S/c1-5-13-37-21-8-11-25-22(16-21)27(18-7-10-23-24(15-18)31-39-30-23)28(38-29(33)36-6-2)32(25)17-19-14-20(34-3)9-12-26(19)35-4/h7-12,14-16H,5-6,13,17H2,1-4H3. The molecule has 39 heavy (non-hydrogen) atoms. The average Bonchev–Trinajstić information content (AvgIpc) is 3.53. The van der Waals surface area contributed by atoms with Crippen LogP contribution in [0.2, 0.25) is 0 Å². The fraction of sp³-hybridized carbons (Fsp3) is 0.276. The number of ether oxygens (including phenoxy) is 5. The van der Waals surface area contributed by atoms with Gasteiger partial charge in [0.2, 0.25) is 5.88 Å². The second kappa shape index (κ2) is 11.6. The molecule has 10 heteroatoms. The minimum absolute atomic E-state index is 0.184. The molecule has 0 saturated carbocycles. The van der Waals surface area contributed by atoms with Crippen LogP contribution in [0.25, 0.3) is 33.1 Å². The number of carbonyl (C=O) groups excluding carboxylic acids is 1. The van der Waals surface area contributed by atoms with Gasteiger partial charge in [-0.25, -0.2) is 4.79 Å². The van der Waals surface area contributed by atoms with Crippen molar-refractivity contribution in [3.05, 3.63) is 60.2 Å². The molecular formula is C29H29N3O6S. The Labute approximate surface area is 230 Å². The Morgan fingerprint density at radius 1 is 0.923 bits per heavy atom. The summed E-state index contributed by atoms with van der Waals surface area (Å²) in [5, 5.41) is 0.854. The van der Waals surface area contributed by atoms with Gasteiger partial charge in [0.25, 0.3) is 0 Å². The van der Waals surface area contributed by atoms with E-state index in [0.29, 0.717) is 30.5 Å². The third kappa shape index (κ3) is 5.33. The van der Waals surface area contributed by atoms with Gasteiger partial charge in [-0.2, -0.15) is 8.75 Å². The van der Waals surface area contributed by atoms with Gasteiger partial charge in [-0.05, 0) is 67.4 Å². The predicted molar refractivity (Wildman–Crippen MR) is 150 cm³/mol. The SMILES string of the molecule is CCCOc1ccc2c(c1)c(-c1ccc3nsnc3c1)c(OC(=O)OCC)n2Cc1cc(OC)ccc1OC. The van der Waals surface area contributed by atoms with E-state index in [9.17, 15) is 4.79 Å². The van der Waals surface area contributed by atoms with E-state index >= 15 is 0 Å². The fourth-order valence-electron chi connectivity index (χ4n) is 4.50. The summed E-state index contributed by atoms with van der Waals surface area (Å²) in [6.07, 6.45) is 0.0889. The third-order valence-electron chi connectivity index (χ3n) is 6.26. The van der Waals surface area contributed by atoms with Crippen LogP contribution in [-0.4, -0.2) is 46.9 Å². The highest BCUT2D eigenvalue weighted by Crippen LogP contribution is 2.43. The first-order chi connectivity index (χ1) is 19.1. The molecule has 0 aliphatic carbocycles. The van der Waals surface area contributed by atoms with Gasteiger partial charge in [0.05, 0.1) is 56.8 Å². The minimum atomic E-state index is -0.792. The number of hydrogen-bond acceptors (Lipinski definition) is 9. The van der Waals surface area contributed by atoms with Crippen molar-refractivity contribution in [3.63, 3.8) is 0 Å². The van der Waals surface area contributed by atoms with Crippen LogP contribution in [0.4, 0.5) is 4.79 Å². The molecule has 2 heterocycles. The summed E-state index contributed by atoms with van der Waals surface area (Å²) in [5.74, 6) is 2.43. The van der Waals surface area contributed by atoms with E-state index in [0.717, 1.165) is 62.5 Å². The highest BCUT2D eigenvalue weighted by Gasteiger charge is 2.25. The molecule has 0 aliphatic rings. The Balaban J connectivity index is 1.77. The molecule has 0 atom stereocenters. The number of fused-ring (bicyclic) bond motifs is 2. The Morgan fingerprint density at radius 2 is 1.74 bits per heavy atom. The Morgan fingerprint density at radius 3 is 2.51 bits per heavy atom. The third-order valence-corrected chi connectivity index (χ3v) is 6.82. The first kappa shape index (κ1) is 26.3. The maximum absolute atomic E-state index is 12.7. The largest absolute Gasteiger partial charge is 0.515 e. The molecule has 0 spiro atoms. The Kier molecular flexibility index (Phi) is 7.83. The molecule has 202 valence electrons. The van der Waals surface area contributed by atoms with Gasteiger partial charge in [0, 0.05) is 10.9 Å². The van der Waals surface area contributed by atoms with Gasteiger partial charge in [0.15, 0.2) is 0 Å². The van der Waals surface area contributed by atoms with Crippen molar-refractivity contribution in [2.45, 2.75) is 26.8 Å². The molecular weight excluding hydrogens is 518 g/mol. The monoisotopic (exact) mass is 547 g/mol. The molecule has 0 aliphatic heterocycles. The normalized spacial score (nSPS) is 11.1. The first-order valence-corrected chi connectivity index (χ1v) is 13.4. The molecule has 9 nitrogen and oxygen atoms in total. The van der Waals surface area contributed by atoms with Crippen LogP contribution < -0.4 is 18.9 Å². The van der Waals surface area contributed by atoms with E-state index in [1.54, 1.807) is 21.1 Å². The first-order valence-electron chi connectivity index (χ1n) is 12.6. The summed E-state index contributed by atoms with van der Waals surface area (Å²) in [6, 6.07) is 17.3. The fourth-order valence-corrected chi connectivity index (χ4v) is 5.02. The molecule has 0 N–H and O–H groups in total. The van der Waals surface area contributed by atoms with Crippen LogP contribution in [0.1, 0.15) is 25.8 Å². The average molecular weight is 548 g/mol. The van der Waals surface area contributed by atoms with E-state index in [4.69, 9.17) is 23.7 Å². The highest BCUT2D eigenvalue weighted by molar-refractivity contribution is 7.00. The van der Waals surface area contributed by atoms with Crippen LogP contribution in [-0.2, 0) is 11.3 Å². The van der Waals surface area contributed by atoms with Gasteiger partial charge < -0.3 is 28.3 Å². The summed E-state index contributed by atoms with van der Waals surface area (Å²) in [6.45, 7) is 4.90. The van der Waals surface area contributed by atoms with Crippen molar-refractivity contribution in [1.29, 1.82) is 0 Å². The maximum Gasteiger partial charge on any atom is 0.515 e. The topological polar surface area (TPSA) is 93.9 Å². The molecule has 0 amide bonds. The summed E-state index contributed by atoms with van der Waals surface area (Å²) in [5.41, 5.74) is 4.79. The lowest BCUT2D eigenvalue weighted by atomic mass is 10.0. The zero-order valence-electron chi connectivity index (χ0n) is 22.2. The number of aromatic nitrogens is 3. The molecule has 2 aromatic heterocycles. The van der Waals surface area contributed by atoms with Crippen LogP contribution >= 0.6 is 11.7 Å². The molecule has 0 unspecified atom stereocenters. The molecule has 5 rings (SSSR count). The molecule has 5 aromatic rings. The van der Waals surface area contributed by atoms with Crippen molar-refractivity contribution in [1.82, 2.24) is 13.3 Å². The number of methoxy groups -OCH3 is 2. The van der Waals surface area contributed by atoms with E-state index < -0.39 is 6.16 Å². The molecule has 0 radical (unpaired) electrons. The van der Waals surface area contributed by atoms with Crippen molar-refractivity contribution in [3.8, 4) is 34.3 Å². The molecule has 3 aromatic carbocycles. The number of benzene rings is 3. The van der Waals surface area contributed by atoms with E-state index in [2.05, 4.69) is 15.7 Å². The molecule has 0 fully saturated rings. The Hall–Kier alpha value is -4.31. The lowest BCUT2D eigenvalue weighted by Crippen LogP contribution is -2.14. The van der Waals surface area contributed by atoms with Crippen molar-refractivity contribution in [2.75, 3.05) is 27.4 Å². The zero-order valence-corrected chi connectivity index (χ0v) is 23.0. The molecule has 0 bridgehead atoms. The number of hydrogen-bond donors (Lipinski definition) is 0. The van der Waals surface area contributed by atoms with Crippen molar-refractivity contribution in [2.24, 2.45) is 0 Å². The van der Waals surface area contributed by atoms with Crippen LogP contribution in [0.3, 0.4) is 0 Å².